The molecule has 4 aromatic rings. The van der Waals surface area contributed by atoms with E-state index < -0.39 is 18.1 Å². The summed E-state index contributed by atoms with van der Waals surface area (Å²) in [4.78, 5) is 46.1. The van der Waals surface area contributed by atoms with Gasteiger partial charge in [0.05, 0.1) is 19.0 Å². The first kappa shape index (κ1) is 38.4. The van der Waals surface area contributed by atoms with Gasteiger partial charge in [-0.1, -0.05) is 66.7 Å². The number of fused-ring (bicyclic) bond motifs is 1. The average molecular weight is 709 g/mol. The van der Waals surface area contributed by atoms with Gasteiger partial charge in [0.15, 0.2) is 0 Å². The van der Waals surface area contributed by atoms with Crippen LogP contribution in [0.15, 0.2) is 97.2 Å². The number of hydrogen-bond donors (Lipinski definition) is 3. The van der Waals surface area contributed by atoms with Gasteiger partial charge in [-0.05, 0) is 99.8 Å². The van der Waals surface area contributed by atoms with Crippen LogP contribution in [0.25, 0.3) is 10.9 Å². The Hall–Kier alpha value is -4.80. The Morgan fingerprint density at radius 1 is 0.846 bits per heavy atom. The highest BCUT2D eigenvalue weighted by molar-refractivity contribution is 5.91. The van der Waals surface area contributed by atoms with Crippen molar-refractivity contribution in [1.82, 2.24) is 20.5 Å². The van der Waals surface area contributed by atoms with Crippen LogP contribution in [-0.4, -0.2) is 84.3 Å². The number of carbonyl (C=O) groups is 3. The second kappa shape index (κ2) is 20.3. The van der Waals surface area contributed by atoms with E-state index >= 15 is 0 Å². The Morgan fingerprint density at radius 2 is 1.50 bits per heavy atom. The predicted octanol–water partition coefficient (Wildman–Crippen LogP) is 5.27. The van der Waals surface area contributed by atoms with Crippen molar-refractivity contribution in [1.29, 1.82) is 0 Å². The molecule has 2 amide bonds. The maximum atomic E-state index is 13.7. The summed E-state index contributed by atoms with van der Waals surface area (Å²) in [7, 11) is 1.28. The normalized spacial score (nSPS) is 14.8. The van der Waals surface area contributed by atoms with Crippen molar-refractivity contribution >= 4 is 28.7 Å². The molecule has 0 saturated carbocycles. The molecule has 0 aliphatic carbocycles. The summed E-state index contributed by atoms with van der Waals surface area (Å²) in [6.45, 7) is 1.79. The molecule has 2 heterocycles. The maximum Gasteiger partial charge on any atom is 0.308 e. The standard InChI is InChI=1S/C42H52N4O6/c1-51-40(48)28-38(42(50)44-34(18-8-16-31-12-4-2-5-13-31)19-9-17-32-14-6-3-7-15-32)45-41(49)33-23-26-46(27-24-33)29-35(47)30-52-39-22-10-21-37-36(39)20-11-25-43-37/h2-7,10-15,20-22,25,33-35,38,47H,8-9,16-19,23-24,26-30H2,1H3,(H,44,50)(H,45,49). The molecule has 5 rings (SSSR count). The van der Waals surface area contributed by atoms with Crippen LogP contribution < -0.4 is 15.4 Å². The summed E-state index contributed by atoms with van der Waals surface area (Å²) in [5.41, 5.74) is 3.33. The number of piperidine rings is 1. The Balaban J connectivity index is 1.11. The molecule has 1 fully saturated rings. The number of methoxy groups -OCH3 is 1. The van der Waals surface area contributed by atoms with Gasteiger partial charge in [-0.2, -0.15) is 0 Å². The third-order valence-electron chi connectivity index (χ3n) is 9.76. The summed E-state index contributed by atoms with van der Waals surface area (Å²) in [5, 5.41) is 17.7. The lowest BCUT2D eigenvalue weighted by atomic mass is 9.95. The van der Waals surface area contributed by atoms with Crippen molar-refractivity contribution in [2.24, 2.45) is 5.92 Å². The number of aryl methyl sites for hydroxylation is 2. The highest BCUT2D eigenvalue weighted by Gasteiger charge is 2.31. The molecule has 3 aromatic carbocycles. The largest absolute Gasteiger partial charge is 0.490 e. The van der Waals surface area contributed by atoms with E-state index in [-0.39, 0.29) is 36.8 Å². The lowest BCUT2D eigenvalue weighted by Gasteiger charge is -2.33. The van der Waals surface area contributed by atoms with Crippen molar-refractivity contribution in [3.63, 3.8) is 0 Å². The zero-order valence-corrected chi connectivity index (χ0v) is 30.1. The van der Waals surface area contributed by atoms with E-state index in [4.69, 9.17) is 9.47 Å². The molecule has 1 aromatic heterocycles. The monoisotopic (exact) mass is 708 g/mol. The molecular formula is C42H52N4O6. The van der Waals surface area contributed by atoms with E-state index in [1.807, 2.05) is 66.7 Å². The van der Waals surface area contributed by atoms with Gasteiger partial charge in [-0.3, -0.25) is 19.4 Å². The fourth-order valence-electron chi connectivity index (χ4n) is 6.85. The molecule has 52 heavy (non-hydrogen) atoms. The summed E-state index contributed by atoms with van der Waals surface area (Å²) in [5.74, 6) is -0.812. The van der Waals surface area contributed by atoms with E-state index in [9.17, 15) is 19.5 Å². The number of hydrogen-bond acceptors (Lipinski definition) is 8. The van der Waals surface area contributed by atoms with Crippen molar-refractivity contribution in [3.8, 4) is 5.75 Å². The number of nitrogens with zero attached hydrogens (tertiary/aromatic N) is 2. The van der Waals surface area contributed by atoms with Gasteiger partial charge in [-0.25, -0.2) is 0 Å². The molecule has 276 valence electrons. The topological polar surface area (TPSA) is 130 Å². The molecule has 1 aliphatic rings. The van der Waals surface area contributed by atoms with Crippen LogP contribution >= 0.6 is 0 Å². The van der Waals surface area contributed by atoms with Crippen LogP contribution in [0.5, 0.6) is 5.75 Å². The molecular weight excluding hydrogens is 656 g/mol. The third-order valence-corrected chi connectivity index (χ3v) is 9.76. The fourth-order valence-corrected chi connectivity index (χ4v) is 6.85. The molecule has 10 nitrogen and oxygen atoms in total. The second-order valence-corrected chi connectivity index (χ2v) is 13.7. The van der Waals surface area contributed by atoms with E-state index in [2.05, 4.69) is 44.8 Å². The van der Waals surface area contributed by atoms with E-state index in [0.29, 0.717) is 38.2 Å². The minimum absolute atomic E-state index is 0.104. The van der Waals surface area contributed by atoms with Crippen LogP contribution in [0.2, 0.25) is 0 Å². The van der Waals surface area contributed by atoms with E-state index in [1.54, 1.807) is 6.20 Å². The number of pyridine rings is 1. The van der Waals surface area contributed by atoms with Gasteiger partial charge < -0.3 is 30.1 Å². The lowest BCUT2D eigenvalue weighted by molar-refractivity contribution is -0.144. The molecule has 0 spiro atoms. The number of aromatic nitrogens is 1. The van der Waals surface area contributed by atoms with E-state index in [0.717, 1.165) is 49.4 Å². The number of esters is 1. The van der Waals surface area contributed by atoms with Gasteiger partial charge in [0.1, 0.15) is 24.5 Å². The summed E-state index contributed by atoms with van der Waals surface area (Å²) >= 11 is 0. The SMILES string of the molecule is COC(=O)CC(NC(=O)C1CCN(CC(O)COc2cccc3ncccc23)CC1)C(=O)NC(CCCc1ccccc1)CCCc1ccccc1. The number of amides is 2. The number of benzene rings is 3. The quantitative estimate of drug-likeness (QED) is 0.113. The summed E-state index contributed by atoms with van der Waals surface area (Å²) in [6, 6.07) is 28.9. The fraction of sp³-hybridized carbons (Fsp3) is 0.429. The maximum absolute atomic E-state index is 13.7. The molecule has 0 radical (unpaired) electrons. The number of carbonyl (C=O) groups excluding carboxylic acids is 3. The first-order valence-electron chi connectivity index (χ1n) is 18.5. The Bertz CT molecular complexity index is 1650. The van der Waals surface area contributed by atoms with Crippen LogP contribution in [0.4, 0.5) is 0 Å². The van der Waals surface area contributed by atoms with Gasteiger partial charge in [-0.15, -0.1) is 0 Å². The third kappa shape index (κ3) is 12.2. The molecule has 2 atom stereocenters. The van der Waals surface area contributed by atoms with Crippen molar-refractivity contribution in [2.45, 2.75) is 76.0 Å². The number of ether oxygens (including phenoxy) is 2. The van der Waals surface area contributed by atoms with Crippen molar-refractivity contribution in [2.75, 3.05) is 33.4 Å². The predicted molar refractivity (Wildman–Crippen MR) is 202 cm³/mol. The number of rotatable bonds is 19. The molecule has 10 heteroatoms. The van der Waals surface area contributed by atoms with Crippen LogP contribution in [0.3, 0.4) is 0 Å². The number of nitrogens with one attached hydrogen (secondary N) is 2. The zero-order valence-electron chi connectivity index (χ0n) is 30.1. The Labute approximate surface area is 306 Å². The number of β-amino-alcohol motifs (C(OH)–C–C–N with tert-alkyl or cyclic N) is 1. The smallest absolute Gasteiger partial charge is 0.308 e. The van der Waals surface area contributed by atoms with Crippen molar-refractivity contribution < 1.29 is 29.0 Å². The first-order chi connectivity index (χ1) is 25.4. The van der Waals surface area contributed by atoms with Crippen molar-refractivity contribution in [3.05, 3.63) is 108 Å². The minimum atomic E-state index is -1.04. The van der Waals surface area contributed by atoms with Gasteiger partial charge in [0, 0.05) is 30.1 Å². The van der Waals surface area contributed by atoms with Crippen LogP contribution in [-0.2, 0) is 32.0 Å². The molecule has 0 bridgehead atoms. The molecule has 2 unspecified atom stereocenters. The molecule has 1 saturated heterocycles. The Morgan fingerprint density at radius 3 is 2.13 bits per heavy atom. The number of likely N-dealkylation sites (tertiary alicyclic amines) is 1. The van der Waals surface area contributed by atoms with E-state index in [1.165, 1.54) is 18.2 Å². The number of aliphatic hydroxyl groups excluding tert-OH is 1. The zero-order chi connectivity index (χ0) is 36.5. The van der Waals surface area contributed by atoms with Gasteiger partial charge in [0.25, 0.3) is 0 Å². The number of aliphatic hydroxyl groups is 1. The molecule has 3 N–H and O–H groups in total. The molecule has 1 aliphatic heterocycles. The first-order valence-corrected chi connectivity index (χ1v) is 18.5. The second-order valence-electron chi connectivity index (χ2n) is 13.7. The minimum Gasteiger partial charge on any atom is -0.490 e. The highest BCUT2D eigenvalue weighted by atomic mass is 16.5. The van der Waals surface area contributed by atoms with Crippen LogP contribution in [0.1, 0.15) is 56.1 Å². The summed E-state index contributed by atoms with van der Waals surface area (Å²) in [6.07, 6.45) is 7.08. The van der Waals surface area contributed by atoms with Gasteiger partial charge in [0.2, 0.25) is 11.8 Å². The van der Waals surface area contributed by atoms with Gasteiger partial charge >= 0.3 is 5.97 Å². The van der Waals surface area contributed by atoms with Crippen LogP contribution in [0, 0.1) is 5.92 Å². The average Bonchev–Trinajstić information content (AvgIpc) is 3.17. The highest BCUT2D eigenvalue weighted by Crippen LogP contribution is 2.24. The lowest BCUT2D eigenvalue weighted by Crippen LogP contribution is -2.53. The Kier molecular flexibility index (Phi) is 15.0. The summed E-state index contributed by atoms with van der Waals surface area (Å²) < 4.78 is 10.8.